The van der Waals surface area contributed by atoms with E-state index in [9.17, 15) is 43.2 Å². The van der Waals surface area contributed by atoms with Gasteiger partial charge in [-0.25, -0.2) is 19.9 Å². The van der Waals surface area contributed by atoms with Crippen LogP contribution < -0.4 is 54.7 Å². The van der Waals surface area contributed by atoms with E-state index < -0.39 is 40.2 Å². The number of halogens is 8. The number of amides is 5. The number of aromatic amines is 1. The Morgan fingerprint density at radius 3 is 1.52 bits per heavy atom. The molecule has 23 nitrogen and oxygen atoms in total. The first kappa shape index (κ1) is 66.9. The van der Waals surface area contributed by atoms with Crippen LogP contribution in [0.25, 0.3) is 0 Å². The van der Waals surface area contributed by atoms with Crippen molar-refractivity contribution in [2.45, 2.75) is 57.8 Å². The lowest BCUT2D eigenvalue weighted by atomic mass is 10.0. The number of fused-ring (bicyclic) bond motifs is 2. The number of rotatable bonds is 10. The summed E-state index contributed by atoms with van der Waals surface area (Å²) in [5.41, 5.74) is 9.03. The maximum absolute atomic E-state index is 13.5. The highest BCUT2D eigenvalue weighted by Gasteiger charge is 2.45. The predicted molar refractivity (Wildman–Crippen MR) is 347 cm³/mol. The number of nitrogens with zero attached hydrogens (tertiary/aromatic N) is 6. The minimum atomic E-state index is -1.20. The molecule has 460 valence electrons. The van der Waals surface area contributed by atoms with Gasteiger partial charge < -0.3 is 43.0 Å². The molecule has 2 aliphatic carbocycles. The van der Waals surface area contributed by atoms with E-state index >= 15 is 0 Å². The van der Waals surface area contributed by atoms with Crippen LogP contribution in [0.2, 0.25) is 30.1 Å². The molecule has 2 aliphatic heterocycles. The lowest BCUT2D eigenvalue weighted by Gasteiger charge is -2.28. The van der Waals surface area contributed by atoms with Gasteiger partial charge in [0.15, 0.2) is 5.78 Å². The lowest BCUT2D eigenvalue weighted by molar-refractivity contribution is -0.118. The van der Waals surface area contributed by atoms with E-state index in [2.05, 4.69) is 83.4 Å². The van der Waals surface area contributed by atoms with E-state index in [4.69, 9.17) is 81.1 Å². The Kier molecular flexibility index (Phi) is 21.2. The molecule has 7 heterocycles. The number of nitrogens with two attached hydrogens (primary N) is 2. The van der Waals surface area contributed by atoms with Crippen LogP contribution in [0.4, 0.5) is 29.0 Å². The summed E-state index contributed by atoms with van der Waals surface area (Å²) in [6.45, 7) is 4.95. The van der Waals surface area contributed by atoms with Crippen molar-refractivity contribution in [2.75, 3.05) is 21.7 Å². The van der Waals surface area contributed by atoms with Crippen LogP contribution in [0.15, 0.2) is 139 Å². The fourth-order valence-corrected chi connectivity index (χ4v) is 11.1. The van der Waals surface area contributed by atoms with E-state index in [1.165, 1.54) is 53.0 Å². The number of primary amides is 1. The van der Waals surface area contributed by atoms with Gasteiger partial charge in [0.2, 0.25) is 11.8 Å². The highest BCUT2D eigenvalue weighted by Crippen LogP contribution is 2.37. The van der Waals surface area contributed by atoms with Crippen LogP contribution in [0.5, 0.6) is 0 Å². The van der Waals surface area contributed by atoms with Gasteiger partial charge in [0, 0.05) is 44.6 Å². The summed E-state index contributed by atoms with van der Waals surface area (Å²) in [7, 11) is 0. The largest absolute Gasteiger partial charge is 0.384 e. The van der Waals surface area contributed by atoms with E-state index in [1.54, 1.807) is 92.7 Å². The number of nitrogens with one attached hydrogen (secondary N) is 6. The van der Waals surface area contributed by atoms with E-state index in [1.807, 2.05) is 0 Å². The van der Waals surface area contributed by atoms with Gasteiger partial charge in [0.1, 0.15) is 70.0 Å². The van der Waals surface area contributed by atoms with Crippen molar-refractivity contribution in [1.82, 2.24) is 44.7 Å². The van der Waals surface area contributed by atoms with Crippen LogP contribution in [-0.2, 0) is 20.9 Å². The molecule has 2 fully saturated rings. The van der Waals surface area contributed by atoms with E-state index in [-0.39, 0.29) is 83.1 Å². The average molecular weight is 1460 g/mol. The molecule has 5 aromatic heterocycles. The number of hydrogen-bond donors (Lipinski definition) is 8. The van der Waals surface area contributed by atoms with Crippen molar-refractivity contribution < 1.29 is 28.8 Å². The number of anilines is 5. The number of pyridine rings is 3. The van der Waals surface area contributed by atoms with E-state index in [0.29, 0.717) is 53.7 Å². The van der Waals surface area contributed by atoms with Crippen molar-refractivity contribution in [3.63, 3.8) is 0 Å². The zero-order valence-corrected chi connectivity index (χ0v) is 54.2. The van der Waals surface area contributed by atoms with Gasteiger partial charge in [0.25, 0.3) is 34.4 Å². The Morgan fingerprint density at radius 2 is 1.04 bits per heavy atom. The predicted octanol–water partition coefficient (Wildman–Crippen LogP) is 10.7. The molecule has 0 radical (unpaired) electrons. The molecule has 0 spiro atoms. The van der Waals surface area contributed by atoms with Crippen molar-refractivity contribution in [3.05, 3.63) is 220 Å². The molecule has 4 aliphatic rings. The number of ketones is 1. The van der Waals surface area contributed by atoms with Gasteiger partial charge in [-0.2, -0.15) is 0 Å². The fraction of sp³-hybridized carbons (Fsp3) is 0.190. The standard InChI is InChI=1S/C22H18Cl2N6O3.C14H9BrCl2N2O2.C8H7ClO.C8H10N4O.C6H4BrClN2O2/c1-22(12-3-2-4-13(23)7-12)29-20(32)18-14(24)8-15(21(33)30(18)22)27-16-9-17(26-10-25-16)28-19(31)11-5-6-11;1-14(7-3-2-4-8(16)5-7)18-12(20)11-10(17)6-9(15)13(21)19(11)14;1-6(10)7-3-2-4-8(9)5-7;9-6-3-7(11-4-10-6)12-8(13)5-1-2-5;7-2-1-3(8)4(5(9)11)10-6(2)12/h2-4,7-11H,5-6H2,1H3,(H,29,32)(H2,25,26,27,28,31);2-6H,1H3,(H,18,20);2-5H,1H3;3-5H,1-2H2,(H3,9,10,11,12,13);1H,(H2,9,11)(H,10,12). The summed E-state index contributed by atoms with van der Waals surface area (Å²) in [4.78, 5) is 125. The number of Topliss-reactive ketones (excluding diaryl/α,β-unsaturated/α-hetero) is 1. The summed E-state index contributed by atoms with van der Waals surface area (Å²) in [5, 5.41) is 16.0. The summed E-state index contributed by atoms with van der Waals surface area (Å²) >= 11 is 42.1. The molecule has 8 aromatic rings. The molecule has 89 heavy (non-hydrogen) atoms. The van der Waals surface area contributed by atoms with Crippen molar-refractivity contribution in [2.24, 2.45) is 17.6 Å². The Bertz CT molecular complexity index is 4360. The molecule has 2 saturated carbocycles. The highest BCUT2D eigenvalue weighted by atomic mass is 79.9. The fourth-order valence-electron chi connectivity index (χ4n) is 8.75. The maximum Gasteiger partial charge on any atom is 0.277 e. The van der Waals surface area contributed by atoms with Crippen LogP contribution in [0.3, 0.4) is 0 Å². The van der Waals surface area contributed by atoms with Gasteiger partial charge in [0.05, 0.1) is 24.0 Å². The normalized spacial score (nSPS) is 16.5. The first-order valence-electron chi connectivity index (χ1n) is 26.3. The Balaban J connectivity index is 0.000000156. The number of H-pyrrole nitrogens is 1. The molecular weight excluding hydrogens is 1410 g/mol. The number of nitrogen functional groups attached to an aromatic ring is 1. The molecule has 0 bridgehead atoms. The first-order valence-corrected chi connectivity index (χ1v) is 30.1. The average Bonchev–Trinajstić information content (AvgIpc) is 1.61. The van der Waals surface area contributed by atoms with Crippen LogP contribution in [0, 0.1) is 11.8 Å². The molecule has 12 rings (SSSR count). The molecule has 31 heteroatoms. The summed E-state index contributed by atoms with van der Waals surface area (Å²) in [6.07, 6.45) is 6.30. The van der Waals surface area contributed by atoms with Gasteiger partial charge >= 0.3 is 0 Å². The maximum atomic E-state index is 13.5. The number of aromatic nitrogens is 7. The minimum Gasteiger partial charge on any atom is -0.384 e. The van der Waals surface area contributed by atoms with Gasteiger partial charge in [-0.3, -0.25) is 52.3 Å². The molecule has 3 aromatic carbocycles. The summed E-state index contributed by atoms with van der Waals surface area (Å²) in [6, 6.07) is 28.0. The van der Waals surface area contributed by atoms with Crippen molar-refractivity contribution >= 4 is 166 Å². The first-order chi connectivity index (χ1) is 42.1. The number of carbonyl (C=O) groups excluding carboxylic acids is 6. The molecule has 2 atom stereocenters. The zero-order chi connectivity index (χ0) is 64.8. The smallest absolute Gasteiger partial charge is 0.277 e. The third-order valence-corrected chi connectivity index (χ3v) is 16.3. The third-order valence-electron chi connectivity index (χ3n) is 13.5. The van der Waals surface area contributed by atoms with Crippen LogP contribution in [0.1, 0.15) is 99.4 Å². The number of carbonyl (C=O) groups is 6. The molecule has 5 amide bonds. The lowest BCUT2D eigenvalue weighted by Crippen LogP contribution is -2.46. The quantitative estimate of drug-likeness (QED) is 0.0590. The van der Waals surface area contributed by atoms with Crippen LogP contribution >= 0.6 is 101 Å². The second kappa shape index (κ2) is 28.2. The number of hydrogen-bond acceptors (Lipinski definition) is 15. The third kappa shape index (κ3) is 16.1. The molecule has 10 N–H and O–H groups in total. The van der Waals surface area contributed by atoms with Crippen LogP contribution in [-0.4, -0.2) is 69.4 Å². The summed E-state index contributed by atoms with van der Waals surface area (Å²) in [5.74, 6) is -0.0194. The van der Waals surface area contributed by atoms with Gasteiger partial charge in [-0.15, -0.1) is 0 Å². The Hall–Kier alpha value is -8.01. The Morgan fingerprint density at radius 1 is 0.584 bits per heavy atom. The van der Waals surface area contributed by atoms with Crippen molar-refractivity contribution in [3.8, 4) is 0 Å². The SMILES string of the molecule is CC(=O)c1cccc(Cl)c1.CC1(c2cccc(Cl)c2)NC(=O)c2c(Cl)cc(Br)c(=O)n21.CC1(c2cccc(Cl)c2)NC(=O)c2c(Cl)cc(Nc3cc(NC(=O)C4CC4)ncn3)c(=O)n21.NC(=O)c1[nH]c(=O)c(Br)cc1Cl.Nc1cc(NC(=O)C2CC2)ncn1. The monoisotopic (exact) mass is 1450 g/mol. The second-order valence-corrected chi connectivity index (χ2v) is 24.4. The topological polar surface area (TPSA) is 343 Å². The number of benzene rings is 3. The second-order valence-electron chi connectivity index (χ2n) is 20.2. The zero-order valence-electron chi connectivity index (χ0n) is 46.5. The highest BCUT2D eigenvalue weighted by molar-refractivity contribution is 9.10. The van der Waals surface area contributed by atoms with Gasteiger partial charge in [-0.05, 0) is 144 Å². The van der Waals surface area contributed by atoms with E-state index in [0.717, 1.165) is 25.7 Å². The molecule has 0 saturated heterocycles. The van der Waals surface area contributed by atoms with Gasteiger partial charge in [-0.1, -0.05) is 106 Å². The molecular formula is C58H48Br2Cl6N14O9. The Labute approximate surface area is 551 Å². The minimum absolute atomic E-state index is 0.0192. The van der Waals surface area contributed by atoms with Crippen molar-refractivity contribution in [1.29, 1.82) is 0 Å². The molecule has 2 unspecified atom stereocenters. The summed E-state index contributed by atoms with van der Waals surface area (Å²) < 4.78 is 3.22.